The zero-order valence-corrected chi connectivity index (χ0v) is 22.7. The molecule has 1 N–H and O–H groups in total. The van der Waals surface area contributed by atoms with E-state index in [-0.39, 0.29) is 23.4 Å². The number of nitrogens with zero attached hydrogens (tertiary/aromatic N) is 4. The molecule has 3 aromatic heterocycles. The maximum Gasteiger partial charge on any atom is 0.331 e. The first kappa shape index (κ1) is 26.0. The van der Waals surface area contributed by atoms with Crippen LogP contribution in [0.15, 0.2) is 39.4 Å². The van der Waals surface area contributed by atoms with Crippen molar-refractivity contribution in [3.63, 3.8) is 0 Å². The van der Waals surface area contributed by atoms with Gasteiger partial charge in [-0.05, 0) is 23.6 Å². The Hall–Kier alpha value is -3.08. The molecule has 36 heavy (non-hydrogen) atoms. The Labute approximate surface area is 220 Å². The van der Waals surface area contributed by atoms with Crippen LogP contribution in [0.25, 0.3) is 22.3 Å². The van der Waals surface area contributed by atoms with Crippen molar-refractivity contribution >= 4 is 56.6 Å². The molecule has 1 aromatic carbocycles. The Morgan fingerprint density at radius 3 is 2.44 bits per heavy atom. The Kier molecular flexibility index (Phi) is 7.05. The van der Waals surface area contributed by atoms with E-state index < -0.39 is 11.2 Å². The molecular weight excluding hydrogens is 525 g/mol. The number of rotatable bonds is 6. The van der Waals surface area contributed by atoms with Crippen molar-refractivity contribution < 1.29 is 9.53 Å². The molecule has 0 fully saturated rings. The predicted octanol–water partition coefficient (Wildman–Crippen LogP) is 4.53. The number of hydrogen-bond acceptors (Lipinski definition) is 6. The molecule has 0 saturated carbocycles. The molecule has 0 unspecified atom stereocenters. The molecule has 0 aliphatic heterocycles. The van der Waals surface area contributed by atoms with Gasteiger partial charge in [-0.3, -0.25) is 18.7 Å². The number of carbonyl (C=O) groups is 1. The summed E-state index contributed by atoms with van der Waals surface area (Å²) in [5.41, 5.74) is 1.06. The highest BCUT2D eigenvalue weighted by atomic mass is 35.5. The lowest BCUT2D eigenvalue weighted by Crippen LogP contribution is -2.37. The summed E-state index contributed by atoms with van der Waals surface area (Å²) in [5.74, 6) is 0.0506. The average Bonchev–Trinajstić information content (AvgIpc) is 3.42. The summed E-state index contributed by atoms with van der Waals surface area (Å²) in [6.07, 6.45) is 1.60. The minimum atomic E-state index is -0.467. The molecule has 0 saturated heterocycles. The molecule has 0 atom stereocenters. The van der Waals surface area contributed by atoms with Gasteiger partial charge in [-0.1, -0.05) is 44.0 Å². The smallest absolute Gasteiger partial charge is 0.331 e. The first-order valence-electron chi connectivity index (χ1n) is 11.0. The molecule has 9 nitrogen and oxygen atoms in total. The first-order chi connectivity index (χ1) is 16.9. The maximum atomic E-state index is 12.7. The van der Waals surface area contributed by atoms with Gasteiger partial charge < -0.3 is 14.6 Å². The molecular formula is C24H25Cl2N5O4S. The number of anilines is 1. The molecule has 0 bridgehead atoms. The number of halogens is 2. The molecule has 0 spiro atoms. The highest BCUT2D eigenvalue weighted by Gasteiger charge is 2.18. The van der Waals surface area contributed by atoms with E-state index in [1.165, 1.54) is 27.5 Å². The number of nitrogens with one attached hydrogen (secondary N) is 1. The van der Waals surface area contributed by atoms with Crippen LogP contribution >= 0.6 is 34.5 Å². The summed E-state index contributed by atoms with van der Waals surface area (Å²) in [6, 6.07) is 5.07. The van der Waals surface area contributed by atoms with Crippen LogP contribution in [0.2, 0.25) is 10.0 Å². The van der Waals surface area contributed by atoms with E-state index in [1.54, 1.807) is 36.8 Å². The van der Waals surface area contributed by atoms with Gasteiger partial charge in [-0.25, -0.2) is 9.78 Å². The van der Waals surface area contributed by atoms with Gasteiger partial charge in [0, 0.05) is 31.2 Å². The van der Waals surface area contributed by atoms with Gasteiger partial charge in [0.2, 0.25) is 5.91 Å². The Morgan fingerprint density at radius 1 is 1.14 bits per heavy atom. The third kappa shape index (κ3) is 5.21. The number of thiazole rings is 1. The predicted molar refractivity (Wildman–Crippen MR) is 144 cm³/mol. The molecule has 0 radical (unpaired) electrons. The van der Waals surface area contributed by atoms with Gasteiger partial charge in [-0.2, -0.15) is 0 Å². The summed E-state index contributed by atoms with van der Waals surface area (Å²) in [4.78, 5) is 41.9. The maximum absolute atomic E-state index is 12.7. The van der Waals surface area contributed by atoms with Gasteiger partial charge in [0.1, 0.15) is 12.1 Å². The van der Waals surface area contributed by atoms with Crippen LogP contribution in [0, 0.1) is 5.41 Å². The van der Waals surface area contributed by atoms with Crippen LogP contribution in [0.5, 0.6) is 5.75 Å². The van der Waals surface area contributed by atoms with Crippen molar-refractivity contribution in [1.29, 1.82) is 0 Å². The van der Waals surface area contributed by atoms with Crippen LogP contribution in [0.4, 0.5) is 5.13 Å². The number of fused-ring (bicyclic) bond motifs is 1. The normalized spacial score (nSPS) is 11.8. The quantitative estimate of drug-likeness (QED) is 0.380. The summed E-state index contributed by atoms with van der Waals surface area (Å²) < 4.78 is 9.70. The van der Waals surface area contributed by atoms with Crippen molar-refractivity contribution in [2.45, 2.75) is 27.3 Å². The molecule has 4 aromatic rings. The lowest BCUT2D eigenvalue weighted by atomic mass is 9.99. The van der Waals surface area contributed by atoms with E-state index in [1.807, 2.05) is 0 Å². The average molecular weight is 550 g/mol. The second-order valence-electron chi connectivity index (χ2n) is 9.59. The molecule has 0 aliphatic carbocycles. The van der Waals surface area contributed by atoms with Crippen LogP contribution in [-0.4, -0.2) is 31.2 Å². The molecule has 190 valence electrons. The van der Waals surface area contributed by atoms with Crippen LogP contribution in [0.3, 0.4) is 0 Å². The van der Waals surface area contributed by atoms with E-state index >= 15 is 0 Å². The number of hydrogen-bond donors (Lipinski definition) is 1. The first-order valence-corrected chi connectivity index (χ1v) is 12.6. The summed E-state index contributed by atoms with van der Waals surface area (Å²) in [5, 5.41) is 5.66. The van der Waals surface area contributed by atoms with Crippen LogP contribution in [0.1, 0.15) is 20.8 Å². The standard InChI is InChI=1S/C24H25Cl2N5O4S/c1-24(2,3)12-35-20-14(25)8-13(9-15(20)26)16-11-36-22(27-16)28-18(32)10-31-7-6-17-19(31)21(33)30(5)23(34)29(17)4/h6-9,11H,10,12H2,1-5H3,(H,27,28,32). The number of carbonyl (C=O) groups excluding carboxylic acids is 1. The minimum Gasteiger partial charge on any atom is -0.490 e. The van der Waals surface area contributed by atoms with Gasteiger partial charge >= 0.3 is 5.69 Å². The van der Waals surface area contributed by atoms with Gasteiger partial charge in [0.25, 0.3) is 5.56 Å². The highest BCUT2D eigenvalue weighted by molar-refractivity contribution is 7.14. The molecule has 0 aliphatic rings. The summed E-state index contributed by atoms with van der Waals surface area (Å²) >= 11 is 14.1. The van der Waals surface area contributed by atoms with Crippen molar-refractivity contribution in [3.05, 3.63) is 60.7 Å². The van der Waals surface area contributed by atoms with E-state index in [0.717, 1.165) is 4.57 Å². The molecule has 3 heterocycles. The second-order valence-corrected chi connectivity index (χ2v) is 11.3. The summed E-state index contributed by atoms with van der Waals surface area (Å²) in [6.45, 7) is 6.49. The third-order valence-electron chi connectivity index (χ3n) is 5.39. The third-order valence-corrected chi connectivity index (χ3v) is 6.71. The van der Waals surface area contributed by atoms with E-state index in [0.29, 0.717) is 44.3 Å². The fourth-order valence-corrected chi connectivity index (χ4v) is 4.91. The summed E-state index contributed by atoms with van der Waals surface area (Å²) in [7, 11) is 2.98. The fraction of sp³-hybridized carbons (Fsp3) is 0.333. The van der Waals surface area contributed by atoms with Crippen molar-refractivity contribution in [2.75, 3.05) is 11.9 Å². The molecule has 12 heteroatoms. The monoisotopic (exact) mass is 549 g/mol. The van der Waals surface area contributed by atoms with E-state index in [2.05, 4.69) is 31.1 Å². The molecule has 4 rings (SSSR count). The largest absolute Gasteiger partial charge is 0.490 e. The number of ether oxygens (including phenoxy) is 1. The Balaban J connectivity index is 1.51. The zero-order valence-electron chi connectivity index (χ0n) is 20.4. The lowest BCUT2D eigenvalue weighted by molar-refractivity contribution is -0.116. The van der Waals surface area contributed by atoms with Crippen molar-refractivity contribution in [1.82, 2.24) is 18.7 Å². The highest BCUT2D eigenvalue weighted by Crippen LogP contribution is 2.39. The van der Waals surface area contributed by atoms with Gasteiger partial charge in [0.15, 0.2) is 10.9 Å². The fourth-order valence-electron chi connectivity index (χ4n) is 3.58. The number of amides is 1. The van der Waals surface area contributed by atoms with Crippen molar-refractivity contribution in [3.8, 4) is 17.0 Å². The van der Waals surface area contributed by atoms with E-state index in [4.69, 9.17) is 27.9 Å². The Morgan fingerprint density at radius 2 is 1.81 bits per heavy atom. The van der Waals surface area contributed by atoms with Gasteiger partial charge in [0.05, 0.1) is 27.9 Å². The number of aromatic nitrogens is 4. The Bertz CT molecular complexity index is 1570. The van der Waals surface area contributed by atoms with Gasteiger partial charge in [-0.15, -0.1) is 11.3 Å². The number of benzene rings is 1. The topological polar surface area (TPSA) is 100 Å². The number of aryl methyl sites for hydroxylation is 1. The molecule has 1 amide bonds. The van der Waals surface area contributed by atoms with Crippen LogP contribution < -0.4 is 21.3 Å². The van der Waals surface area contributed by atoms with E-state index in [9.17, 15) is 14.4 Å². The second kappa shape index (κ2) is 9.76. The lowest BCUT2D eigenvalue weighted by Gasteiger charge is -2.20. The minimum absolute atomic E-state index is 0.0517. The SMILES string of the molecule is Cn1c(=O)c2c(ccn2CC(=O)Nc2nc(-c3cc(Cl)c(OCC(C)(C)C)c(Cl)c3)cs2)n(C)c1=O. The zero-order chi connectivity index (χ0) is 26.4. The van der Waals surface area contributed by atoms with Crippen molar-refractivity contribution in [2.24, 2.45) is 19.5 Å². The van der Waals surface area contributed by atoms with Crippen LogP contribution in [-0.2, 0) is 25.4 Å².